The van der Waals surface area contributed by atoms with Crippen molar-refractivity contribution in [2.24, 2.45) is 5.92 Å². The van der Waals surface area contributed by atoms with Crippen molar-refractivity contribution in [3.05, 3.63) is 59.7 Å². The topological polar surface area (TPSA) is 66.5 Å². The summed E-state index contributed by atoms with van der Waals surface area (Å²) in [6.45, 7) is 2.66. The van der Waals surface area contributed by atoms with Gasteiger partial charge in [0.1, 0.15) is 0 Å². The molecule has 0 aromatic heterocycles. The lowest BCUT2D eigenvalue weighted by atomic mass is 9.94. The zero-order valence-electron chi connectivity index (χ0n) is 18.3. The molecule has 1 heterocycles. The van der Waals surface area contributed by atoms with E-state index in [9.17, 15) is 26.4 Å². The van der Waals surface area contributed by atoms with E-state index in [2.05, 4.69) is 5.32 Å². The molecule has 0 saturated carbocycles. The summed E-state index contributed by atoms with van der Waals surface area (Å²) < 4.78 is 62.8. The predicted octanol–water partition coefficient (Wildman–Crippen LogP) is 4.73. The quantitative estimate of drug-likeness (QED) is 0.531. The van der Waals surface area contributed by atoms with Crippen molar-refractivity contribution in [2.75, 3.05) is 26.7 Å². The Morgan fingerprint density at radius 3 is 2.24 bits per heavy atom. The van der Waals surface area contributed by atoms with E-state index in [1.807, 2.05) is 0 Å². The Morgan fingerprint density at radius 2 is 1.67 bits per heavy atom. The maximum Gasteiger partial charge on any atom is 0.446 e. The highest BCUT2D eigenvalue weighted by Crippen LogP contribution is 2.36. The molecule has 33 heavy (non-hydrogen) atoms. The number of benzene rings is 2. The van der Waals surface area contributed by atoms with Crippen LogP contribution >= 0.6 is 11.8 Å². The van der Waals surface area contributed by atoms with Gasteiger partial charge < -0.3 is 10.2 Å². The van der Waals surface area contributed by atoms with E-state index >= 15 is 0 Å². The van der Waals surface area contributed by atoms with Gasteiger partial charge in [-0.25, -0.2) is 8.42 Å². The second-order valence-corrected chi connectivity index (χ2v) is 11.3. The number of rotatable bonds is 8. The standard InChI is InChI=1S/C23H27F3N2O3S2/c1-28(15-12-17-10-13-27-14-11-17)22(29)19-4-8-21(9-5-19)33(30,31)16-18-2-6-20(7-3-18)32-23(24,25)26/h2-9,17,27H,10-16H2,1H3. The average molecular weight is 501 g/mol. The summed E-state index contributed by atoms with van der Waals surface area (Å²) >= 11 is -0.246. The fraction of sp³-hybridized carbons (Fsp3) is 0.435. The number of amides is 1. The van der Waals surface area contributed by atoms with E-state index in [4.69, 9.17) is 0 Å². The minimum Gasteiger partial charge on any atom is -0.342 e. The smallest absolute Gasteiger partial charge is 0.342 e. The number of thioether (sulfide) groups is 1. The minimum atomic E-state index is -4.39. The van der Waals surface area contributed by atoms with Crippen LogP contribution in [0, 0.1) is 5.92 Å². The van der Waals surface area contributed by atoms with Crippen LogP contribution in [0.5, 0.6) is 0 Å². The molecule has 2 aromatic carbocycles. The Morgan fingerprint density at radius 1 is 1.06 bits per heavy atom. The molecular weight excluding hydrogens is 473 g/mol. The van der Waals surface area contributed by atoms with Crippen LogP contribution in [0.1, 0.15) is 35.2 Å². The molecule has 0 atom stereocenters. The van der Waals surface area contributed by atoms with Crippen LogP contribution < -0.4 is 5.32 Å². The third kappa shape index (κ3) is 7.75. The lowest BCUT2D eigenvalue weighted by Gasteiger charge is -2.25. The van der Waals surface area contributed by atoms with Gasteiger partial charge in [-0.05, 0) is 92.0 Å². The van der Waals surface area contributed by atoms with Gasteiger partial charge in [-0.15, -0.1) is 0 Å². The van der Waals surface area contributed by atoms with Crippen molar-refractivity contribution in [2.45, 2.75) is 40.3 Å². The van der Waals surface area contributed by atoms with Gasteiger partial charge in [0.2, 0.25) is 0 Å². The van der Waals surface area contributed by atoms with Crippen LogP contribution in [0.2, 0.25) is 0 Å². The maximum atomic E-state index is 12.7. The first-order chi connectivity index (χ1) is 15.5. The third-order valence-corrected chi connectivity index (χ3v) is 8.10. The van der Waals surface area contributed by atoms with Gasteiger partial charge in [0, 0.05) is 24.1 Å². The van der Waals surface area contributed by atoms with Crippen molar-refractivity contribution in [3.63, 3.8) is 0 Å². The first kappa shape index (κ1) is 25.6. The summed E-state index contributed by atoms with van der Waals surface area (Å²) in [7, 11) is -1.96. The van der Waals surface area contributed by atoms with Crippen molar-refractivity contribution >= 4 is 27.5 Å². The second kappa shape index (κ2) is 10.9. The van der Waals surface area contributed by atoms with Gasteiger partial charge >= 0.3 is 5.51 Å². The minimum absolute atomic E-state index is 0.00390. The summed E-state index contributed by atoms with van der Waals surface area (Å²) in [5.74, 6) is 0.105. The number of nitrogens with one attached hydrogen (secondary N) is 1. The lowest BCUT2D eigenvalue weighted by molar-refractivity contribution is -0.0328. The molecule has 1 N–H and O–H groups in total. The molecule has 2 aromatic rings. The number of carbonyl (C=O) groups is 1. The van der Waals surface area contributed by atoms with Gasteiger partial charge in [-0.2, -0.15) is 13.2 Å². The van der Waals surface area contributed by atoms with Crippen LogP contribution in [-0.2, 0) is 15.6 Å². The first-order valence-corrected chi connectivity index (χ1v) is 13.1. The van der Waals surface area contributed by atoms with Gasteiger partial charge in [0.05, 0.1) is 10.6 Å². The zero-order chi connectivity index (χ0) is 24.1. The van der Waals surface area contributed by atoms with Gasteiger partial charge in [-0.3, -0.25) is 4.79 Å². The van der Waals surface area contributed by atoms with Crippen LogP contribution in [-0.4, -0.2) is 51.4 Å². The molecule has 10 heteroatoms. The predicted molar refractivity (Wildman–Crippen MR) is 123 cm³/mol. The Hall–Kier alpha value is -2.04. The monoisotopic (exact) mass is 500 g/mol. The van der Waals surface area contributed by atoms with Crippen LogP contribution in [0.15, 0.2) is 58.3 Å². The molecule has 1 aliphatic heterocycles. The highest BCUT2D eigenvalue weighted by molar-refractivity contribution is 8.00. The van der Waals surface area contributed by atoms with Gasteiger partial charge in [0.25, 0.3) is 5.91 Å². The highest BCUT2D eigenvalue weighted by atomic mass is 32.2. The molecule has 0 unspecified atom stereocenters. The molecule has 180 valence electrons. The van der Waals surface area contributed by atoms with Crippen molar-refractivity contribution in [3.8, 4) is 0 Å². The number of nitrogens with zero attached hydrogens (tertiary/aromatic N) is 1. The number of sulfone groups is 1. The second-order valence-electron chi connectivity index (χ2n) is 8.18. The van der Waals surface area contributed by atoms with E-state index in [0.717, 1.165) is 32.4 Å². The number of piperidine rings is 1. The number of hydrogen-bond acceptors (Lipinski definition) is 5. The SMILES string of the molecule is CN(CCC1CCNCC1)C(=O)c1ccc(S(=O)(=O)Cc2ccc(SC(F)(F)F)cc2)cc1. The summed E-state index contributed by atoms with van der Waals surface area (Å²) in [5, 5.41) is 3.32. The summed E-state index contributed by atoms with van der Waals surface area (Å²) in [6, 6.07) is 11.1. The van der Waals surface area contributed by atoms with Crippen molar-refractivity contribution < 1.29 is 26.4 Å². The molecule has 1 fully saturated rings. The first-order valence-electron chi connectivity index (χ1n) is 10.7. The van der Waals surface area contributed by atoms with Crippen molar-refractivity contribution in [1.29, 1.82) is 0 Å². The summed E-state index contributed by atoms with van der Waals surface area (Å²) in [5.41, 5.74) is -3.59. The molecule has 0 spiro atoms. The Bertz CT molecular complexity index is 1030. The van der Waals surface area contributed by atoms with Gasteiger partial charge in [0.15, 0.2) is 9.84 Å². The van der Waals surface area contributed by atoms with Crippen LogP contribution in [0.4, 0.5) is 13.2 Å². The molecule has 0 radical (unpaired) electrons. The van der Waals surface area contributed by atoms with E-state index in [-0.39, 0.29) is 33.2 Å². The molecule has 5 nitrogen and oxygen atoms in total. The number of halogens is 3. The molecule has 1 saturated heterocycles. The largest absolute Gasteiger partial charge is 0.446 e. The highest BCUT2D eigenvalue weighted by Gasteiger charge is 2.29. The van der Waals surface area contributed by atoms with Gasteiger partial charge in [-0.1, -0.05) is 12.1 Å². The Labute approximate surface area is 196 Å². The normalized spacial score (nSPS) is 15.4. The molecule has 0 bridgehead atoms. The summed E-state index contributed by atoms with van der Waals surface area (Å²) in [4.78, 5) is 14.4. The third-order valence-electron chi connectivity index (χ3n) is 5.65. The van der Waals surface area contributed by atoms with Crippen molar-refractivity contribution in [1.82, 2.24) is 10.2 Å². The Balaban J connectivity index is 1.59. The summed E-state index contributed by atoms with van der Waals surface area (Å²) in [6.07, 6.45) is 3.16. The van der Waals surface area contributed by atoms with E-state index in [1.54, 1.807) is 11.9 Å². The Kier molecular flexibility index (Phi) is 8.47. The average Bonchev–Trinajstić information content (AvgIpc) is 2.78. The fourth-order valence-electron chi connectivity index (χ4n) is 3.76. The molecular formula is C23H27F3N2O3S2. The molecule has 0 aliphatic carbocycles. The van der Waals surface area contributed by atoms with Crippen LogP contribution in [0.25, 0.3) is 0 Å². The fourth-order valence-corrected chi connectivity index (χ4v) is 5.65. The maximum absolute atomic E-state index is 12.7. The zero-order valence-corrected chi connectivity index (χ0v) is 19.9. The lowest BCUT2D eigenvalue weighted by Crippen LogP contribution is -2.32. The van der Waals surface area contributed by atoms with E-state index < -0.39 is 15.3 Å². The molecule has 1 amide bonds. The van der Waals surface area contributed by atoms with Crippen LogP contribution in [0.3, 0.4) is 0 Å². The molecule has 3 rings (SSSR count). The molecule has 1 aliphatic rings. The number of carbonyl (C=O) groups excluding carboxylic acids is 1. The number of alkyl halides is 3. The van der Waals surface area contributed by atoms with E-state index in [0.29, 0.717) is 23.6 Å². The van der Waals surface area contributed by atoms with E-state index in [1.165, 1.54) is 48.5 Å². The number of hydrogen-bond donors (Lipinski definition) is 1.